The third kappa shape index (κ3) is 5.68. The molecule has 2 aromatic carbocycles. The third-order valence-electron chi connectivity index (χ3n) is 6.13. The Kier molecular flexibility index (Phi) is 8.08. The molecule has 7 heteroatoms. The highest BCUT2D eigenvalue weighted by molar-refractivity contribution is 8.16. The highest BCUT2D eigenvalue weighted by Gasteiger charge is 2.41. The number of ether oxygens (including phenoxy) is 1. The van der Waals surface area contributed by atoms with Crippen LogP contribution < -0.4 is 5.32 Å². The van der Waals surface area contributed by atoms with E-state index in [1.807, 2.05) is 66.6 Å². The number of esters is 1. The zero-order valence-corrected chi connectivity index (χ0v) is 21.2. The van der Waals surface area contributed by atoms with Crippen LogP contribution in [0.4, 0.5) is 0 Å². The van der Waals surface area contributed by atoms with E-state index < -0.39 is 6.04 Å². The summed E-state index contributed by atoms with van der Waals surface area (Å²) in [5.41, 5.74) is 5.32. The summed E-state index contributed by atoms with van der Waals surface area (Å²) in [6.45, 7) is 6.58. The topological polar surface area (TPSA) is 71.0 Å². The first-order chi connectivity index (χ1) is 17.0. The van der Waals surface area contributed by atoms with Gasteiger partial charge in [-0.15, -0.1) is 0 Å². The first-order valence-electron chi connectivity index (χ1n) is 12.0. The molecule has 2 aliphatic rings. The molecular formula is C28H31N3O3S. The van der Waals surface area contributed by atoms with Gasteiger partial charge in [0.25, 0.3) is 0 Å². The van der Waals surface area contributed by atoms with Gasteiger partial charge in [0.15, 0.2) is 5.17 Å². The number of nitrogens with zero attached hydrogens (tertiary/aromatic N) is 2. The maximum absolute atomic E-state index is 13.0. The van der Waals surface area contributed by atoms with Gasteiger partial charge in [-0.05, 0) is 55.7 Å². The number of hydrogen-bond donors (Lipinski definition) is 1. The Hall–Kier alpha value is -3.32. The number of rotatable bonds is 9. The summed E-state index contributed by atoms with van der Waals surface area (Å²) in [6, 6.07) is 17.9. The number of amides is 1. The number of aliphatic imine (C=N–C) groups is 1. The number of carbonyl (C=O) groups excluding carboxylic acids is 2. The summed E-state index contributed by atoms with van der Waals surface area (Å²) in [4.78, 5) is 32.6. The lowest BCUT2D eigenvalue weighted by Crippen LogP contribution is -2.38. The summed E-state index contributed by atoms with van der Waals surface area (Å²) in [7, 11) is 0. The van der Waals surface area contributed by atoms with Crippen molar-refractivity contribution in [1.29, 1.82) is 0 Å². The molecule has 0 saturated heterocycles. The fourth-order valence-electron chi connectivity index (χ4n) is 4.42. The first kappa shape index (κ1) is 24.8. The Balaban J connectivity index is 1.50. The van der Waals surface area contributed by atoms with Crippen molar-refractivity contribution in [2.45, 2.75) is 46.1 Å². The maximum Gasteiger partial charge on any atom is 0.338 e. The molecule has 0 saturated carbocycles. The number of nitrogens with one attached hydrogen (secondary N) is 1. The van der Waals surface area contributed by atoms with Gasteiger partial charge in [-0.3, -0.25) is 4.79 Å². The average molecular weight is 490 g/mol. The molecule has 1 N–H and O–H groups in total. The molecular weight excluding hydrogens is 458 g/mol. The van der Waals surface area contributed by atoms with Crippen molar-refractivity contribution in [3.8, 4) is 0 Å². The van der Waals surface area contributed by atoms with Crippen LogP contribution in [0.25, 0.3) is 0 Å². The molecule has 182 valence electrons. The molecule has 0 bridgehead atoms. The van der Waals surface area contributed by atoms with E-state index in [0.29, 0.717) is 17.8 Å². The second kappa shape index (κ2) is 11.4. The van der Waals surface area contributed by atoms with Crippen LogP contribution in [0.3, 0.4) is 0 Å². The SMILES string of the molecule is CCOC(=O)C1=C(C)N=C2SC=C(CC(=O)NCCCc3ccccc3)N2[C@@H]1c1ccccc1C. The van der Waals surface area contributed by atoms with Gasteiger partial charge in [0.1, 0.15) is 0 Å². The van der Waals surface area contributed by atoms with Gasteiger partial charge in [0, 0.05) is 12.2 Å². The van der Waals surface area contributed by atoms with E-state index in [9.17, 15) is 9.59 Å². The summed E-state index contributed by atoms with van der Waals surface area (Å²) in [6.07, 6.45) is 2.01. The second-order valence-corrected chi connectivity index (χ2v) is 9.42. The number of amidine groups is 1. The number of thioether (sulfide) groups is 1. The van der Waals surface area contributed by atoms with Crippen LogP contribution in [-0.2, 0) is 20.7 Å². The van der Waals surface area contributed by atoms with E-state index in [1.165, 1.54) is 17.3 Å². The minimum absolute atomic E-state index is 0.0429. The lowest BCUT2D eigenvalue weighted by atomic mass is 9.91. The molecule has 1 atom stereocenters. The normalized spacial score (nSPS) is 17.0. The van der Waals surface area contributed by atoms with E-state index >= 15 is 0 Å². The van der Waals surface area contributed by atoms with E-state index in [-0.39, 0.29) is 24.9 Å². The molecule has 6 nitrogen and oxygen atoms in total. The summed E-state index contributed by atoms with van der Waals surface area (Å²) in [5.74, 6) is -0.415. The van der Waals surface area contributed by atoms with E-state index in [4.69, 9.17) is 9.73 Å². The zero-order valence-electron chi connectivity index (χ0n) is 20.4. The van der Waals surface area contributed by atoms with Crippen molar-refractivity contribution in [2.24, 2.45) is 4.99 Å². The van der Waals surface area contributed by atoms with Gasteiger partial charge in [-0.25, -0.2) is 9.79 Å². The number of fused-ring (bicyclic) bond motifs is 1. The van der Waals surface area contributed by atoms with Gasteiger partial charge in [-0.1, -0.05) is 66.4 Å². The molecule has 0 unspecified atom stereocenters. The monoisotopic (exact) mass is 489 g/mol. The molecule has 35 heavy (non-hydrogen) atoms. The van der Waals surface area contributed by atoms with Crippen LogP contribution in [0, 0.1) is 6.92 Å². The van der Waals surface area contributed by atoms with Gasteiger partial charge in [0.05, 0.1) is 30.3 Å². The van der Waals surface area contributed by atoms with Crippen LogP contribution >= 0.6 is 11.8 Å². The smallest absolute Gasteiger partial charge is 0.338 e. The fraction of sp³-hybridized carbons (Fsp3) is 0.321. The standard InChI is InChI=1S/C28H31N3O3S/c1-4-34-27(33)25-20(3)30-28-31(26(25)23-15-9-8-11-19(23)2)22(18-35-28)17-24(32)29-16-10-14-21-12-6-5-7-13-21/h5-9,11-13,15,18,26H,4,10,14,16-17H2,1-3H3,(H,29,32)/t26-/m1/s1. The Bertz CT molecular complexity index is 1190. The van der Waals surface area contributed by atoms with Gasteiger partial charge in [-0.2, -0.15) is 0 Å². The Morgan fingerprint density at radius 2 is 1.83 bits per heavy atom. The molecule has 0 radical (unpaired) electrons. The van der Waals surface area contributed by atoms with Crippen molar-refractivity contribution < 1.29 is 14.3 Å². The molecule has 0 fully saturated rings. The van der Waals surface area contributed by atoms with Gasteiger partial charge >= 0.3 is 5.97 Å². The Morgan fingerprint density at radius 3 is 2.57 bits per heavy atom. The highest BCUT2D eigenvalue weighted by Crippen LogP contribution is 2.45. The molecule has 2 aromatic rings. The van der Waals surface area contributed by atoms with Crippen LogP contribution in [0.5, 0.6) is 0 Å². The lowest BCUT2D eigenvalue weighted by Gasteiger charge is -2.37. The molecule has 2 heterocycles. The van der Waals surface area contributed by atoms with Crippen molar-refractivity contribution in [3.63, 3.8) is 0 Å². The molecule has 1 amide bonds. The summed E-state index contributed by atoms with van der Waals surface area (Å²) < 4.78 is 5.41. The summed E-state index contributed by atoms with van der Waals surface area (Å²) in [5, 5.41) is 5.79. The minimum atomic E-state index is -0.394. The van der Waals surface area contributed by atoms with Crippen molar-refractivity contribution >= 4 is 28.8 Å². The number of carbonyl (C=O) groups is 2. The molecule has 0 spiro atoms. The minimum Gasteiger partial charge on any atom is -0.463 e. The van der Waals surface area contributed by atoms with Crippen molar-refractivity contribution in [2.75, 3.05) is 13.2 Å². The van der Waals surface area contributed by atoms with Crippen LogP contribution in [0.15, 0.2) is 82.0 Å². The number of hydrogen-bond acceptors (Lipinski definition) is 6. The number of benzene rings is 2. The third-order valence-corrected chi connectivity index (χ3v) is 7.02. The largest absolute Gasteiger partial charge is 0.463 e. The first-order valence-corrected chi connectivity index (χ1v) is 12.8. The molecule has 2 aliphatic heterocycles. The predicted octanol–water partition coefficient (Wildman–Crippen LogP) is 5.27. The van der Waals surface area contributed by atoms with Crippen LogP contribution in [-0.4, -0.2) is 35.1 Å². The molecule has 0 aliphatic carbocycles. The quantitative estimate of drug-likeness (QED) is 0.384. The molecule has 0 aromatic heterocycles. The zero-order chi connectivity index (χ0) is 24.8. The summed E-state index contributed by atoms with van der Waals surface area (Å²) >= 11 is 1.48. The second-order valence-electron chi connectivity index (χ2n) is 8.59. The van der Waals surface area contributed by atoms with Gasteiger partial charge in [0.2, 0.25) is 5.91 Å². The number of allylic oxidation sites excluding steroid dienone is 1. The van der Waals surface area contributed by atoms with Crippen molar-refractivity contribution in [1.82, 2.24) is 10.2 Å². The molecule has 4 rings (SSSR count). The van der Waals surface area contributed by atoms with E-state index in [0.717, 1.165) is 34.8 Å². The Morgan fingerprint density at radius 1 is 1.09 bits per heavy atom. The van der Waals surface area contributed by atoms with E-state index in [1.54, 1.807) is 6.92 Å². The lowest BCUT2D eigenvalue weighted by molar-refractivity contribution is -0.139. The Labute approximate surface area is 211 Å². The highest BCUT2D eigenvalue weighted by atomic mass is 32.2. The van der Waals surface area contributed by atoms with Crippen molar-refractivity contribution in [3.05, 3.63) is 93.7 Å². The maximum atomic E-state index is 13.0. The van der Waals surface area contributed by atoms with Crippen LogP contribution in [0.1, 0.15) is 49.4 Å². The van der Waals surface area contributed by atoms with Crippen LogP contribution in [0.2, 0.25) is 0 Å². The predicted molar refractivity (Wildman–Crippen MR) is 141 cm³/mol. The van der Waals surface area contributed by atoms with Gasteiger partial charge < -0.3 is 15.0 Å². The van der Waals surface area contributed by atoms with E-state index in [2.05, 4.69) is 17.4 Å². The number of aryl methyl sites for hydroxylation is 2. The average Bonchev–Trinajstić information content (AvgIpc) is 3.24. The fourth-order valence-corrected chi connectivity index (χ4v) is 5.38.